The quantitative estimate of drug-likeness (QED) is 0.0913. The van der Waals surface area contributed by atoms with Gasteiger partial charge in [-0.15, -0.1) is 0 Å². The summed E-state index contributed by atoms with van der Waals surface area (Å²) in [5, 5.41) is 0. The summed E-state index contributed by atoms with van der Waals surface area (Å²) >= 11 is 0. The van der Waals surface area contributed by atoms with Gasteiger partial charge in [-0.05, 0) is 97.9 Å². The summed E-state index contributed by atoms with van der Waals surface area (Å²) in [6.07, 6.45) is 17.6. The zero-order valence-corrected chi connectivity index (χ0v) is 26.8. The third-order valence-electron chi connectivity index (χ3n) is 7.35. The summed E-state index contributed by atoms with van der Waals surface area (Å²) in [6.45, 7) is 13.5. The van der Waals surface area contributed by atoms with Crippen LogP contribution in [-0.2, 0) is 46.1 Å². The first-order valence-electron chi connectivity index (χ1n) is 15.5. The molecule has 0 amide bonds. The standard InChI is InChI=1S/C35H54N2.Pd/c1-7-13-15-16-17-19-21-35(37-33-26-30(11-5)23-31(12-6)27-33)34(20-18-14-8-2)36-32-24-28(9-3)22-29(10-4)25-32;/h22-27H,7-21H2,1-6H3;/b36-34+,37-35+;. The number of nitrogens with zero attached hydrogens (tertiary/aromatic N) is 2. The van der Waals surface area contributed by atoms with Crippen LogP contribution in [-0.4, -0.2) is 11.4 Å². The van der Waals surface area contributed by atoms with Crippen molar-refractivity contribution >= 4 is 22.8 Å². The maximum Gasteiger partial charge on any atom is 0.0639 e. The van der Waals surface area contributed by atoms with Crippen molar-refractivity contribution in [3.63, 3.8) is 0 Å². The smallest absolute Gasteiger partial charge is 0.0639 e. The molecule has 214 valence electrons. The number of aliphatic imine (C=N–C) groups is 2. The van der Waals surface area contributed by atoms with Gasteiger partial charge in [0.25, 0.3) is 0 Å². The largest absolute Gasteiger partial charge is 0.252 e. The molecule has 2 aromatic rings. The number of rotatable bonds is 18. The van der Waals surface area contributed by atoms with Crippen LogP contribution >= 0.6 is 0 Å². The summed E-state index contributed by atoms with van der Waals surface area (Å²) in [6, 6.07) is 13.8. The zero-order chi connectivity index (χ0) is 26.9. The van der Waals surface area contributed by atoms with E-state index in [1.165, 1.54) is 91.5 Å². The van der Waals surface area contributed by atoms with Gasteiger partial charge in [-0.3, -0.25) is 9.98 Å². The fourth-order valence-corrected chi connectivity index (χ4v) is 4.89. The molecule has 0 saturated carbocycles. The van der Waals surface area contributed by atoms with Crippen molar-refractivity contribution in [3.8, 4) is 0 Å². The molecule has 0 saturated heterocycles. The molecule has 38 heavy (non-hydrogen) atoms. The molecule has 0 spiro atoms. The van der Waals surface area contributed by atoms with Gasteiger partial charge in [0.05, 0.1) is 22.8 Å². The Balaban J connectivity index is 0.00000722. The van der Waals surface area contributed by atoms with Gasteiger partial charge in [0.15, 0.2) is 0 Å². The van der Waals surface area contributed by atoms with E-state index in [1.807, 2.05) is 0 Å². The monoisotopic (exact) mass is 608 g/mol. The van der Waals surface area contributed by atoms with Crippen molar-refractivity contribution in [2.75, 3.05) is 0 Å². The molecule has 0 heterocycles. The van der Waals surface area contributed by atoms with Gasteiger partial charge in [-0.25, -0.2) is 0 Å². The number of benzene rings is 2. The van der Waals surface area contributed by atoms with E-state index >= 15 is 0 Å². The van der Waals surface area contributed by atoms with E-state index in [-0.39, 0.29) is 20.4 Å². The molecule has 0 aliphatic rings. The Bertz CT molecular complexity index is 945. The van der Waals surface area contributed by atoms with Crippen LogP contribution in [0, 0.1) is 0 Å². The fourth-order valence-electron chi connectivity index (χ4n) is 4.89. The normalized spacial score (nSPS) is 12.1. The second-order valence-corrected chi connectivity index (χ2v) is 10.5. The maximum atomic E-state index is 5.36. The number of aryl methyl sites for hydroxylation is 4. The molecular weight excluding hydrogens is 555 g/mol. The first-order valence-corrected chi connectivity index (χ1v) is 15.5. The Morgan fingerprint density at radius 2 is 0.763 bits per heavy atom. The summed E-state index contributed by atoms with van der Waals surface area (Å²) in [4.78, 5) is 10.7. The van der Waals surface area contributed by atoms with Crippen LogP contribution in [0.2, 0.25) is 0 Å². The van der Waals surface area contributed by atoms with E-state index in [1.54, 1.807) is 0 Å². The Morgan fingerprint density at radius 1 is 0.447 bits per heavy atom. The summed E-state index contributed by atoms with van der Waals surface area (Å²) in [7, 11) is 0. The molecule has 0 aromatic heterocycles. The topological polar surface area (TPSA) is 24.7 Å². The van der Waals surface area contributed by atoms with Crippen LogP contribution in [0.25, 0.3) is 0 Å². The Kier molecular flexibility index (Phi) is 18.5. The van der Waals surface area contributed by atoms with Crippen LogP contribution < -0.4 is 0 Å². The molecule has 0 atom stereocenters. The minimum atomic E-state index is 0. The molecule has 2 aromatic carbocycles. The first kappa shape index (κ1) is 34.5. The van der Waals surface area contributed by atoms with E-state index in [0.717, 1.165) is 49.9 Å². The predicted molar refractivity (Wildman–Crippen MR) is 167 cm³/mol. The number of hydrogen-bond acceptors (Lipinski definition) is 2. The first-order chi connectivity index (χ1) is 18.1. The molecule has 0 bridgehead atoms. The van der Waals surface area contributed by atoms with Crippen molar-refractivity contribution in [3.05, 3.63) is 58.7 Å². The van der Waals surface area contributed by atoms with E-state index in [9.17, 15) is 0 Å². The van der Waals surface area contributed by atoms with Crippen molar-refractivity contribution in [1.82, 2.24) is 0 Å². The average Bonchev–Trinajstić information content (AvgIpc) is 2.93. The number of hydrogen-bond donors (Lipinski definition) is 0. The van der Waals surface area contributed by atoms with Crippen molar-refractivity contribution < 1.29 is 20.4 Å². The van der Waals surface area contributed by atoms with Crippen molar-refractivity contribution in [2.24, 2.45) is 9.98 Å². The van der Waals surface area contributed by atoms with Crippen LogP contribution in [0.1, 0.15) is 134 Å². The molecule has 0 N–H and O–H groups in total. The van der Waals surface area contributed by atoms with Crippen LogP contribution in [0.5, 0.6) is 0 Å². The van der Waals surface area contributed by atoms with Gasteiger partial charge in [0, 0.05) is 20.4 Å². The van der Waals surface area contributed by atoms with Gasteiger partial charge in [0.2, 0.25) is 0 Å². The minimum Gasteiger partial charge on any atom is -0.252 e. The van der Waals surface area contributed by atoms with Gasteiger partial charge < -0.3 is 0 Å². The SMILES string of the molecule is CCCCCCCCC(=N\c1cc(CC)cc(CC)c1)/C(CCCCC)=N/c1cc(CC)cc(CC)c1.[Pd]. The third kappa shape index (κ3) is 12.5. The molecule has 0 aliphatic heterocycles. The van der Waals surface area contributed by atoms with Gasteiger partial charge >= 0.3 is 0 Å². The molecule has 0 unspecified atom stereocenters. The third-order valence-corrected chi connectivity index (χ3v) is 7.35. The molecule has 2 nitrogen and oxygen atoms in total. The van der Waals surface area contributed by atoms with Gasteiger partial charge in [-0.1, -0.05) is 98.6 Å². The Labute approximate surface area is 248 Å². The Hall–Kier alpha value is -1.56. The minimum absolute atomic E-state index is 0. The molecule has 0 fully saturated rings. The zero-order valence-electron chi connectivity index (χ0n) is 25.3. The van der Waals surface area contributed by atoms with Crippen LogP contribution in [0.3, 0.4) is 0 Å². The maximum absolute atomic E-state index is 5.36. The molecule has 0 aliphatic carbocycles. The van der Waals surface area contributed by atoms with Crippen molar-refractivity contribution in [1.29, 1.82) is 0 Å². The molecule has 3 heteroatoms. The van der Waals surface area contributed by atoms with Crippen LogP contribution in [0.4, 0.5) is 11.4 Å². The van der Waals surface area contributed by atoms with E-state index in [4.69, 9.17) is 9.98 Å². The average molecular weight is 609 g/mol. The molecular formula is C35H54N2Pd. The molecule has 2 rings (SSSR count). The van der Waals surface area contributed by atoms with Crippen LogP contribution in [0.15, 0.2) is 46.4 Å². The van der Waals surface area contributed by atoms with Gasteiger partial charge in [0.1, 0.15) is 0 Å². The van der Waals surface area contributed by atoms with Gasteiger partial charge in [-0.2, -0.15) is 0 Å². The number of unbranched alkanes of at least 4 members (excludes halogenated alkanes) is 7. The van der Waals surface area contributed by atoms with E-state index < -0.39 is 0 Å². The summed E-state index contributed by atoms with van der Waals surface area (Å²) in [5.41, 5.74) is 10.1. The Morgan fingerprint density at radius 3 is 1.13 bits per heavy atom. The van der Waals surface area contributed by atoms with Crippen molar-refractivity contribution in [2.45, 2.75) is 138 Å². The fraction of sp³-hybridized carbons (Fsp3) is 0.600. The predicted octanol–water partition coefficient (Wildman–Crippen LogP) is 11.1. The summed E-state index contributed by atoms with van der Waals surface area (Å²) < 4.78 is 0. The molecule has 0 radical (unpaired) electrons. The van der Waals surface area contributed by atoms with E-state index in [2.05, 4.69) is 77.9 Å². The second kappa shape index (κ2) is 20.4. The summed E-state index contributed by atoms with van der Waals surface area (Å²) in [5.74, 6) is 0. The van der Waals surface area contributed by atoms with E-state index in [0.29, 0.717) is 0 Å². The second-order valence-electron chi connectivity index (χ2n) is 10.5.